The fourth-order valence-electron chi connectivity index (χ4n) is 7.32. The van der Waals surface area contributed by atoms with E-state index in [4.69, 9.17) is 9.84 Å². The minimum atomic E-state index is -0.911. The van der Waals surface area contributed by atoms with E-state index in [-0.39, 0.29) is 11.0 Å². The molecule has 3 heteroatoms. The molecular formula is C32H38O3. The van der Waals surface area contributed by atoms with Crippen LogP contribution >= 0.6 is 0 Å². The van der Waals surface area contributed by atoms with E-state index < -0.39 is 5.97 Å². The van der Waals surface area contributed by atoms with Gasteiger partial charge in [-0.15, -0.1) is 0 Å². The summed E-state index contributed by atoms with van der Waals surface area (Å²) in [4.78, 5) is 11.1. The molecule has 0 atom stereocenters. The second-order valence-electron chi connectivity index (χ2n) is 11.3. The first-order valence-corrected chi connectivity index (χ1v) is 13.7. The summed E-state index contributed by atoms with van der Waals surface area (Å²) in [7, 11) is 0. The number of carbonyl (C=O) groups is 1. The first-order chi connectivity index (χ1) is 17.0. The van der Waals surface area contributed by atoms with Crippen LogP contribution in [0, 0.1) is 29.6 Å². The predicted octanol–water partition coefficient (Wildman–Crippen LogP) is 7.60. The summed E-state index contributed by atoms with van der Waals surface area (Å²) in [5, 5.41) is 9.12. The number of hydrogen-bond donors (Lipinski definition) is 1. The van der Waals surface area contributed by atoms with Crippen molar-refractivity contribution in [3.63, 3.8) is 0 Å². The molecule has 184 valence electrons. The van der Waals surface area contributed by atoms with Gasteiger partial charge in [-0.25, -0.2) is 4.79 Å². The molecule has 4 aliphatic carbocycles. The van der Waals surface area contributed by atoms with Gasteiger partial charge in [0.1, 0.15) is 5.75 Å². The maximum Gasteiger partial charge on any atom is 0.335 e. The third kappa shape index (κ3) is 5.43. The Labute approximate surface area is 210 Å². The van der Waals surface area contributed by atoms with Gasteiger partial charge in [0.05, 0.1) is 12.2 Å². The van der Waals surface area contributed by atoms with E-state index in [0.29, 0.717) is 0 Å². The average Bonchev–Trinajstić information content (AvgIpc) is 2.84. The summed E-state index contributed by atoms with van der Waals surface area (Å²) in [6.07, 6.45) is 14.4. The van der Waals surface area contributed by atoms with Crippen LogP contribution in [0.5, 0.6) is 5.75 Å². The molecule has 0 heterocycles. The van der Waals surface area contributed by atoms with Gasteiger partial charge in [0, 0.05) is 16.7 Å². The number of benzene rings is 2. The minimum Gasteiger partial charge on any atom is -0.493 e. The Morgan fingerprint density at radius 3 is 2.11 bits per heavy atom. The third-order valence-electron chi connectivity index (χ3n) is 8.58. The molecule has 0 spiro atoms. The highest BCUT2D eigenvalue weighted by atomic mass is 16.5. The van der Waals surface area contributed by atoms with Crippen LogP contribution in [0.15, 0.2) is 42.5 Å². The zero-order valence-corrected chi connectivity index (χ0v) is 21.0. The number of rotatable bonds is 9. The van der Waals surface area contributed by atoms with Crippen LogP contribution in [0.3, 0.4) is 0 Å². The van der Waals surface area contributed by atoms with Crippen LogP contribution in [-0.4, -0.2) is 17.7 Å². The minimum absolute atomic E-state index is 0.257. The van der Waals surface area contributed by atoms with Crippen molar-refractivity contribution in [3.8, 4) is 17.6 Å². The molecule has 0 amide bonds. The number of aromatic carboxylic acids is 1. The van der Waals surface area contributed by atoms with Gasteiger partial charge in [-0.3, -0.25) is 0 Å². The van der Waals surface area contributed by atoms with E-state index in [1.54, 1.807) is 24.3 Å². The number of carboxylic acid groups (broad SMARTS) is 1. The second kappa shape index (κ2) is 10.5. The highest BCUT2D eigenvalue weighted by Gasteiger charge is 2.52. The van der Waals surface area contributed by atoms with Crippen molar-refractivity contribution in [2.24, 2.45) is 17.8 Å². The number of unbranched alkanes of at least 4 members (excludes halogenated alkanes) is 4. The van der Waals surface area contributed by atoms with Crippen molar-refractivity contribution >= 4 is 5.97 Å². The molecule has 4 saturated carbocycles. The monoisotopic (exact) mass is 470 g/mol. The van der Waals surface area contributed by atoms with Crippen LogP contribution in [0.25, 0.3) is 0 Å². The van der Waals surface area contributed by atoms with E-state index >= 15 is 0 Å². The largest absolute Gasteiger partial charge is 0.493 e. The topological polar surface area (TPSA) is 46.5 Å². The molecular weight excluding hydrogens is 432 g/mol. The van der Waals surface area contributed by atoms with Gasteiger partial charge >= 0.3 is 5.97 Å². The summed E-state index contributed by atoms with van der Waals surface area (Å²) < 4.78 is 6.46. The molecule has 4 bridgehead atoms. The molecule has 0 unspecified atom stereocenters. The molecule has 0 saturated heterocycles. The Morgan fingerprint density at radius 1 is 0.886 bits per heavy atom. The fourth-order valence-corrected chi connectivity index (χ4v) is 7.32. The van der Waals surface area contributed by atoms with E-state index in [2.05, 4.69) is 37.0 Å². The zero-order valence-electron chi connectivity index (χ0n) is 21.0. The van der Waals surface area contributed by atoms with Crippen molar-refractivity contribution < 1.29 is 14.6 Å². The van der Waals surface area contributed by atoms with Gasteiger partial charge in [-0.2, -0.15) is 0 Å². The Balaban J connectivity index is 1.39. The maximum absolute atomic E-state index is 11.1. The first-order valence-electron chi connectivity index (χ1n) is 13.7. The Bertz CT molecular complexity index is 1070. The van der Waals surface area contributed by atoms with Gasteiger partial charge in [-0.05, 0) is 111 Å². The van der Waals surface area contributed by atoms with Gasteiger partial charge < -0.3 is 9.84 Å². The Kier molecular flexibility index (Phi) is 7.19. The lowest BCUT2D eigenvalue weighted by Crippen LogP contribution is -2.48. The van der Waals surface area contributed by atoms with Crippen molar-refractivity contribution in [1.29, 1.82) is 0 Å². The Hall–Kier alpha value is -2.73. The lowest BCUT2D eigenvalue weighted by atomic mass is 9.48. The molecule has 1 N–H and O–H groups in total. The van der Waals surface area contributed by atoms with Crippen LogP contribution in [0.4, 0.5) is 0 Å². The summed E-state index contributed by atoms with van der Waals surface area (Å²) in [5.41, 5.74) is 3.80. The van der Waals surface area contributed by atoms with Gasteiger partial charge in [0.25, 0.3) is 0 Å². The molecule has 0 radical (unpaired) electrons. The maximum atomic E-state index is 11.1. The average molecular weight is 471 g/mol. The van der Waals surface area contributed by atoms with Crippen LogP contribution in [0.2, 0.25) is 0 Å². The summed E-state index contributed by atoms with van der Waals surface area (Å²) >= 11 is 0. The van der Waals surface area contributed by atoms with Crippen molar-refractivity contribution in [2.45, 2.75) is 83.0 Å². The first kappa shape index (κ1) is 24.0. The number of ether oxygens (including phenoxy) is 1. The van der Waals surface area contributed by atoms with Crippen LogP contribution in [0.1, 0.15) is 105 Å². The normalized spacial score (nSPS) is 26.3. The smallest absolute Gasteiger partial charge is 0.335 e. The van der Waals surface area contributed by atoms with Crippen LogP contribution in [-0.2, 0) is 5.41 Å². The lowest BCUT2D eigenvalue weighted by Gasteiger charge is -2.57. The molecule has 2 aromatic carbocycles. The van der Waals surface area contributed by atoms with E-state index in [9.17, 15) is 4.79 Å². The molecule has 35 heavy (non-hydrogen) atoms. The fraction of sp³-hybridized carbons (Fsp3) is 0.531. The second-order valence-corrected chi connectivity index (χ2v) is 11.3. The number of hydrogen-bond acceptors (Lipinski definition) is 2. The predicted molar refractivity (Wildman–Crippen MR) is 140 cm³/mol. The molecule has 0 aromatic heterocycles. The SMILES string of the molecule is CCCCCCCOc1ccc(C#Cc2ccc(C(=O)O)cc2)cc1C12CC3CC(CC(C3)C1)C2. The van der Waals surface area contributed by atoms with E-state index in [0.717, 1.165) is 47.7 Å². The van der Waals surface area contributed by atoms with E-state index in [1.165, 1.54) is 69.8 Å². The summed E-state index contributed by atoms with van der Waals surface area (Å²) in [6.45, 7) is 3.05. The van der Waals surface area contributed by atoms with Crippen molar-refractivity contribution in [2.75, 3.05) is 6.61 Å². The molecule has 3 nitrogen and oxygen atoms in total. The summed E-state index contributed by atoms with van der Waals surface area (Å²) in [6, 6.07) is 13.4. The number of carboxylic acids is 1. The molecule has 4 fully saturated rings. The van der Waals surface area contributed by atoms with Gasteiger partial charge in [-0.1, -0.05) is 44.4 Å². The van der Waals surface area contributed by atoms with Crippen LogP contribution < -0.4 is 4.74 Å². The highest BCUT2D eigenvalue weighted by molar-refractivity contribution is 5.87. The highest BCUT2D eigenvalue weighted by Crippen LogP contribution is 2.62. The van der Waals surface area contributed by atoms with Crippen molar-refractivity contribution in [3.05, 3.63) is 64.7 Å². The Morgan fingerprint density at radius 2 is 1.49 bits per heavy atom. The lowest BCUT2D eigenvalue weighted by molar-refractivity contribution is -0.00641. The zero-order chi connectivity index (χ0) is 24.3. The van der Waals surface area contributed by atoms with E-state index in [1.807, 2.05) is 0 Å². The van der Waals surface area contributed by atoms with Gasteiger partial charge in [0.15, 0.2) is 0 Å². The third-order valence-corrected chi connectivity index (χ3v) is 8.58. The molecule has 4 aliphatic rings. The van der Waals surface area contributed by atoms with Gasteiger partial charge in [0.2, 0.25) is 0 Å². The molecule has 2 aromatic rings. The standard InChI is InChI=1S/C32H38O3/c1-2-3-4-5-6-15-35-30-14-11-24(8-7-23-9-12-28(13-10-23)31(33)34)19-29(30)32-20-25-16-26(21-32)18-27(17-25)22-32/h9-14,19,25-27H,2-6,15-18,20-22H2,1H3,(H,33,34). The summed E-state index contributed by atoms with van der Waals surface area (Å²) in [5.74, 6) is 9.39. The van der Waals surface area contributed by atoms with Crippen molar-refractivity contribution in [1.82, 2.24) is 0 Å². The molecule has 6 rings (SSSR count). The quantitative estimate of drug-likeness (QED) is 0.303. The molecule has 0 aliphatic heterocycles.